The Morgan fingerprint density at radius 2 is 2.06 bits per heavy atom. The quantitative estimate of drug-likeness (QED) is 0.796. The summed E-state index contributed by atoms with van der Waals surface area (Å²) in [7, 11) is -3.17. The second-order valence-corrected chi connectivity index (χ2v) is 6.98. The average molecular weight is 249 g/mol. The number of piperidine rings is 1. The van der Waals surface area contributed by atoms with Crippen LogP contribution in [0.15, 0.2) is 0 Å². The van der Waals surface area contributed by atoms with Gasteiger partial charge in [0.1, 0.15) is 0 Å². The normalized spacial score (nSPS) is 23.9. The van der Waals surface area contributed by atoms with Gasteiger partial charge in [-0.15, -0.1) is 0 Å². The molecule has 0 aromatic carbocycles. The lowest BCUT2D eigenvalue weighted by molar-refractivity contribution is 0.155. The summed E-state index contributed by atoms with van der Waals surface area (Å²) in [5.74, 6) is 0.605. The maximum Gasteiger partial charge on any atom is 0.214 e. The summed E-state index contributed by atoms with van der Waals surface area (Å²) in [5.41, 5.74) is 0. The van der Waals surface area contributed by atoms with Crippen LogP contribution in [0.1, 0.15) is 39.5 Å². The summed E-state index contributed by atoms with van der Waals surface area (Å²) < 4.78 is 25.7. The molecule has 1 unspecified atom stereocenters. The third kappa shape index (κ3) is 3.71. The molecular formula is C11H23NO3S. The minimum Gasteiger partial charge on any atom is -0.395 e. The predicted octanol–water partition coefficient (Wildman–Crippen LogP) is 1.21. The average Bonchev–Trinajstić information content (AvgIpc) is 2.26. The molecule has 1 aliphatic rings. The Kier molecular flexibility index (Phi) is 5.21. The van der Waals surface area contributed by atoms with Gasteiger partial charge in [-0.3, -0.25) is 0 Å². The molecule has 4 nitrogen and oxygen atoms in total. The number of aliphatic hydroxyl groups is 1. The number of aliphatic hydroxyl groups excluding tert-OH is 1. The lowest BCUT2D eigenvalue weighted by Gasteiger charge is -2.33. The van der Waals surface area contributed by atoms with Crippen molar-refractivity contribution in [3.05, 3.63) is 0 Å². The predicted molar refractivity (Wildman–Crippen MR) is 64.7 cm³/mol. The summed E-state index contributed by atoms with van der Waals surface area (Å²) in [6.45, 7) is 4.57. The molecule has 0 aromatic rings. The van der Waals surface area contributed by atoms with E-state index in [0.29, 0.717) is 18.9 Å². The highest BCUT2D eigenvalue weighted by molar-refractivity contribution is 7.89. The molecule has 0 spiro atoms. The monoisotopic (exact) mass is 249 g/mol. The van der Waals surface area contributed by atoms with Crippen LogP contribution in [-0.4, -0.2) is 42.8 Å². The summed E-state index contributed by atoms with van der Waals surface area (Å²) in [6, 6.07) is -0.189. The van der Waals surface area contributed by atoms with Gasteiger partial charge in [0.05, 0.1) is 12.4 Å². The van der Waals surface area contributed by atoms with Crippen molar-refractivity contribution in [1.29, 1.82) is 0 Å². The molecular weight excluding hydrogens is 226 g/mol. The smallest absolute Gasteiger partial charge is 0.214 e. The standard InChI is InChI=1S/C11H23NO3S/c1-10(2)6-8-16(14,15)12-7-4-3-5-11(12)9-13/h10-11,13H,3-9H2,1-2H3. The molecule has 0 aliphatic carbocycles. The third-order valence-electron chi connectivity index (χ3n) is 3.09. The van der Waals surface area contributed by atoms with Gasteiger partial charge in [0.2, 0.25) is 10.0 Å². The van der Waals surface area contributed by atoms with Crippen LogP contribution in [0.4, 0.5) is 0 Å². The Balaban J connectivity index is 2.64. The molecule has 0 amide bonds. The van der Waals surface area contributed by atoms with Crippen molar-refractivity contribution >= 4 is 10.0 Å². The van der Waals surface area contributed by atoms with Crippen LogP contribution >= 0.6 is 0 Å². The van der Waals surface area contributed by atoms with Gasteiger partial charge in [0.15, 0.2) is 0 Å². The Morgan fingerprint density at radius 1 is 1.38 bits per heavy atom. The topological polar surface area (TPSA) is 57.6 Å². The first-order chi connectivity index (χ1) is 7.47. The minimum absolute atomic E-state index is 0.0547. The highest BCUT2D eigenvalue weighted by Gasteiger charge is 2.31. The zero-order valence-electron chi connectivity index (χ0n) is 10.2. The van der Waals surface area contributed by atoms with Gasteiger partial charge in [0.25, 0.3) is 0 Å². The van der Waals surface area contributed by atoms with E-state index in [1.165, 1.54) is 4.31 Å². The van der Waals surface area contributed by atoms with Gasteiger partial charge in [-0.1, -0.05) is 20.3 Å². The van der Waals surface area contributed by atoms with Gasteiger partial charge >= 0.3 is 0 Å². The van der Waals surface area contributed by atoms with Gasteiger partial charge in [0, 0.05) is 12.6 Å². The van der Waals surface area contributed by atoms with Crippen LogP contribution in [-0.2, 0) is 10.0 Å². The molecule has 1 saturated heterocycles. The fourth-order valence-electron chi connectivity index (χ4n) is 2.02. The molecule has 1 fully saturated rings. The highest BCUT2D eigenvalue weighted by atomic mass is 32.2. The zero-order valence-corrected chi connectivity index (χ0v) is 11.0. The second-order valence-electron chi connectivity index (χ2n) is 4.94. The number of nitrogens with zero attached hydrogens (tertiary/aromatic N) is 1. The molecule has 1 rings (SSSR count). The summed E-state index contributed by atoms with van der Waals surface area (Å²) >= 11 is 0. The first-order valence-corrected chi connectivity index (χ1v) is 7.68. The van der Waals surface area contributed by atoms with Gasteiger partial charge in [-0.2, -0.15) is 4.31 Å². The first-order valence-electron chi connectivity index (χ1n) is 6.07. The Labute approximate surface area is 98.7 Å². The van der Waals surface area contributed by atoms with Crippen LogP contribution in [0.25, 0.3) is 0 Å². The van der Waals surface area contributed by atoms with Crippen molar-refractivity contribution < 1.29 is 13.5 Å². The summed E-state index contributed by atoms with van der Waals surface area (Å²) in [6.07, 6.45) is 3.41. The molecule has 16 heavy (non-hydrogen) atoms. The van der Waals surface area contributed by atoms with E-state index in [1.807, 2.05) is 13.8 Å². The van der Waals surface area contributed by atoms with E-state index in [0.717, 1.165) is 19.3 Å². The van der Waals surface area contributed by atoms with Crippen molar-refractivity contribution in [2.45, 2.75) is 45.6 Å². The fraction of sp³-hybridized carbons (Fsp3) is 1.00. The van der Waals surface area contributed by atoms with Crippen LogP contribution < -0.4 is 0 Å². The maximum absolute atomic E-state index is 12.1. The van der Waals surface area contributed by atoms with Gasteiger partial charge < -0.3 is 5.11 Å². The van der Waals surface area contributed by atoms with Crippen LogP contribution in [0.2, 0.25) is 0 Å². The van der Waals surface area contributed by atoms with E-state index in [2.05, 4.69) is 0 Å². The molecule has 1 heterocycles. The maximum atomic E-state index is 12.1. The molecule has 0 saturated carbocycles. The van der Waals surface area contributed by atoms with Gasteiger partial charge in [-0.25, -0.2) is 8.42 Å². The van der Waals surface area contributed by atoms with E-state index in [-0.39, 0.29) is 18.4 Å². The van der Waals surface area contributed by atoms with E-state index in [9.17, 15) is 13.5 Å². The molecule has 0 bridgehead atoms. The SMILES string of the molecule is CC(C)CCS(=O)(=O)N1CCCCC1CO. The second kappa shape index (κ2) is 5.98. The molecule has 1 aliphatic heterocycles. The Bertz CT molecular complexity index is 300. The molecule has 1 atom stereocenters. The fourth-order valence-corrected chi connectivity index (χ4v) is 4.06. The van der Waals surface area contributed by atoms with E-state index in [4.69, 9.17) is 0 Å². The summed E-state index contributed by atoms with van der Waals surface area (Å²) in [5, 5.41) is 9.20. The summed E-state index contributed by atoms with van der Waals surface area (Å²) in [4.78, 5) is 0. The molecule has 1 N–H and O–H groups in total. The van der Waals surface area contributed by atoms with Crippen molar-refractivity contribution in [2.24, 2.45) is 5.92 Å². The Morgan fingerprint density at radius 3 is 2.62 bits per heavy atom. The molecule has 0 radical (unpaired) electrons. The number of sulfonamides is 1. The number of hydrogen-bond donors (Lipinski definition) is 1. The minimum atomic E-state index is -3.17. The molecule has 96 valence electrons. The van der Waals surface area contributed by atoms with Crippen LogP contribution in [0, 0.1) is 5.92 Å². The zero-order chi connectivity index (χ0) is 12.2. The first kappa shape index (κ1) is 13.9. The van der Waals surface area contributed by atoms with Gasteiger partial charge in [-0.05, 0) is 25.2 Å². The number of hydrogen-bond acceptors (Lipinski definition) is 3. The van der Waals surface area contributed by atoms with Crippen LogP contribution in [0.3, 0.4) is 0 Å². The van der Waals surface area contributed by atoms with Crippen molar-refractivity contribution in [3.8, 4) is 0 Å². The molecule has 0 aromatic heterocycles. The molecule has 5 heteroatoms. The lowest BCUT2D eigenvalue weighted by Crippen LogP contribution is -2.46. The van der Waals surface area contributed by atoms with Crippen LogP contribution in [0.5, 0.6) is 0 Å². The van der Waals surface area contributed by atoms with E-state index < -0.39 is 10.0 Å². The third-order valence-corrected chi connectivity index (χ3v) is 5.04. The van der Waals surface area contributed by atoms with E-state index in [1.54, 1.807) is 0 Å². The number of rotatable bonds is 5. The van der Waals surface area contributed by atoms with Crippen molar-refractivity contribution in [3.63, 3.8) is 0 Å². The Hall–Kier alpha value is -0.130. The highest BCUT2D eigenvalue weighted by Crippen LogP contribution is 2.21. The van der Waals surface area contributed by atoms with Crippen molar-refractivity contribution in [1.82, 2.24) is 4.31 Å². The lowest BCUT2D eigenvalue weighted by atomic mass is 10.1. The largest absolute Gasteiger partial charge is 0.395 e. The van der Waals surface area contributed by atoms with Crippen molar-refractivity contribution in [2.75, 3.05) is 18.9 Å². The van der Waals surface area contributed by atoms with E-state index >= 15 is 0 Å².